The molecule has 6 nitrogen and oxygen atoms in total. The van der Waals surface area contributed by atoms with Gasteiger partial charge in [0.2, 0.25) is 10.0 Å². The number of carbonyl (C=O) groups is 1. The summed E-state index contributed by atoms with van der Waals surface area (Å²) in [5, 5.41) is 17.9. The van der Waals surface area contributed by atoms with E-state index in [-0.39, 0.29) is 26.7 Å². The molecule has 1 aromatic heterocycles. The lowest BCUT2D eigenvalue weighted by atomic mass is 10.3. The van der Waals surface area contributed by atoms with Crippen LogP contribution in [0.15, 0.2) is 14.7 Å². The molecular formula is C11H16BrNO5S2. The standard InChI is InChI=1S/C11H16BrNO5S2/c1-2-3-4-13(5-6-14)20(17,18)9-7-8(11(15)16)19-10(9)12/h7,14H,2-6H2,1H3,(H,15,16). The number of hydrogen-bond acceptors (Lipinski definition) is 5. The average molecular weight is 386 g/mol. The number of aliphatic hydroxyl groups is 1. The van der Waals surface area contributed by atoms with Crippen molar-refractivity contribution in [3.8, 4) is 0 Å². The van der Waals surface area contributed by atoms with Crippen LogP contribution in [0.5, 0.6) is 0 Å². The first kappa shape index (κ1) is 17.6. The van der Waals surface area contributed by atoms with Crippen LogP contribution < -0.4 is 0 Å². The van der Waals surface area contributed by atoms with E-state index in [1.54, 1.807) is 0 Å². The third-order valence-electron chi connectivity index (χ3n) is 2.59. The molecule has 2 N–H and O–H groups in total. The summed E-state index contributed by atoms with van der Waals surface area (Å²) >= 11 is 3.95. The van der Waals surface area contributed by atoms with Crippen LogP contribution in [0.2, 0.25) is 0 Å². The molecule has 0 unspecified atom stereocenters. The van der Waals surface area contributed by atoms with Crippen molar-refractivity contribution in [3.05, 3.63) is 14.7 Å². The van der Waals surface area contributed by atoms with Crippen LogP contribution in [0, 0.1) is 0 Å². The molecular weight excluding hydrogens is 370 g/mol. The Morgan fingerprint density at radius 1 is 1.45 bits per heavy atom. The van der Waals surface area contributed by atoms with Gasteiger partial charge in [0.15, 0.2) is 0 Å². The van der Waals surface area contributed by atoms with Gasteiger partial charge < -0.3 is 10.2 Å². The Balaban J connectivity index is 3.15. The van der Waals surface area contributed by atoms with Crippen LogP contribution in [-0.2, 0) is 10.0 Å². The zero-order valence-electron chi connectivity index (χ0n) is 10.9. The fourth-order valence-electron chi connectivity index (χ4n) is 1.57. The SMILES string of the molecule is CCCCN(CCO)S(=O)(=O)c1cc(C(=O)O)sc1Br. The topological polar surface area (TPSA) is 94.9 Å². The van der Waals surface area contributed by atoms with Gasteiger partial charge in [0.05, 0.1) is 10.4 Å². The van der Waals surface area contributed by atoms with E-state index in [9.17, 15) is 13.2 Å². The van der Waals surface area contributed by atoms with Crippen molar-refractivity contribution in [2.24, 2.45) is 0 Å². The van der Waals surface area contributed by atoms with E-state index in [4.69, 9.17) is 10.2 Å². The zero-order chi connectivity index (χ0) is 15.3. The van der Waals surface area contributed by atoms with Crippen molar-refractivity contribution in [2.45, 2.75) is 24.7 Å². The van der Waals surface area contributed by atoms with Crippen molar-refractivity contribution < 1.29 is 23.4 Å². The van der Waals surface area contributed by atoms with Gasteiger partial charge in [-0.25, -0.2) is 13.2 Å². The number of aromatic carboxylic acids is 1. The lowest BCUT2D eigenvalue weighted by Crippen LogP contribution is -2.34. The largest absolute Gasteiger partial charge is 0.477 e. The molecule has 0 aliphatic rings. The second-order valence-corrected chi connectivity index (χ2v) is 8.31. The second kappa shape index (κ2) is 7.51. The van der Waals surface area contributed by atoms with Gasteiger partial charge in [-0.15, -0.1) is 11.3 Å². The molecule has 1 rings (SSSR count). The first-order valence-corrected chi connectivity index (χ1v) is 9.03. The Bertz CT molecular complexity index is 569. The summed E-state index contributed by atoms with van der Waals surface area (Å²) in [5.41, 5.74) is 0. The first-order chi connectivity index (χ1) is 9.34. The normalized spacial score (nSPS) is 12.0. The van der Waals surface area contributed by atoms with Crippen molar-refractivity contribution in [3.63, 3.8) is 0 Å². The molecule has 0 spiro atoms. The lowest BCUT2D eigenvalue weighted by molar-refractivity contribution is 0.0702. The van der Waals surface area contributed by atoms with E-state index >= 15 is 0 Å². The number of thiophene rings is 1. The van der Waals surface area contributed by atoms with E-state index in [1.807, 2.05) is 6.92 Å². The summed E-state index contributed by atoms with van der Waals surface area (Å²) in [4.78, 5) is 10.8. The fraction of sp³-hybridized carbons (Fsp3) is 0.545. The minimum absolute atomic E-state index is 0.00692. The summed E-state index contributed by atoms with van der Waals surface area (Å²) in [5.74, 6) is -1.17. The van der Waals surface area contributed by atoms with Crippen molar-refractivity contribution in [1.82, 2.24) is 4.31 Å². The Labute approximate surface area is 130 Å². The van der Waals surface area contributed by atoms with Crippen LogP contribution in [-0.4, -0.2) is 48.6 Å². The summed E-state index contributed by atoms with van der Waals surface area (Å²) in [6.45, 7) is 1.94. The van der Waals surface area contributed by atoms with Gasteiger partial charge >= 0.3 is 5.97 Å². The number of halogens is 1. The molecule has 114 valence electrons. The number of sulfonamides is 1. The first-order valence-electron chi connectivity index (χ1n) is 5.98. The molecule has 0 bridgehead atoms. The Morgan fingerprint density at radius 3 is 2.55 bits per heavy atom. The van der Waals surface area contributed by atoms with Gasteiger partial charge in [0.1, 0.15) is 9.77 Å². The monoisotopic (exact) mass is 385 g/mol. The van der Waals surface area contributed by atoms with Gasteiger partial charge in [0.25, 0.3) is 0 Å². The molecule has 1 aromatic rings. The van der Waals surface area contributed by atoms with Gasteiger partial charge in [-0.05, 0) is 28.4 Å². The summed E-state index contributed by atoms with van der Waals surface area (Å²) in [6.07, 6.45) is 1.50. The molecule has 0 aliphatic carbocycles. The molecule has 0 saturated heterocycles. The van der Waals surface area contributed by atoms with Gasteiger partial charge in [-0.3, -0.25) is 0 Å². The maximum atomic E-state index is 12.5. The molecule has 0 fully saturated rings. The maximum Gasteiger partial charge on any atom is 0.345 e. The summed E-state index contributed by atoms with van der Waals surface area (Å²) in [7, 11) is -3.81. The quantitative estimate of drug-likeness (QED) is 0.713. The molecule has 9 heteroatoms. The molecule has 0 amide bonds. The van der Waals surface area contributed by atoms with Crippen molar-refractivity contribution >= 4 is 43.3 Å². The fourth-order valence-corrected chi connectivity index (χ4v) is 5.39. The number of aliphatic hydroxyl groups excluding tert-OH is 1. The smallest absolute Gasteiger partial charge is 0.345 e. The highest BCUT2D eigenvalue weighted by Gasteiger charge is 2.28. The Kier molecular flexibility index (Phi) is 6.59. The molecule has 0 saturated carbocycles. The van der Waals surface area contributed by atoms with Crippen LogP contribution in [0.25, 0.3) is 0 Å². The predicted octanol–water partition coefficient (Wildman–Crippen LogP) is 1.99. The third-order valence-corrected chi connectivity index (χ3v) is 6.73. The van der Waals surface area contributed by atoms with E-state index in [2.05, 4.69) is 15.9 Å². The number of rotatable bonds is 8. The second-order valence-electron chi connectivity index (χ2n) is 4.04. The van der Waals surface area contributed by atoms with Crippen LogP contribution in [0.1, 0.15) is 29.4 Å². The molecule has 0 atom stereocenters. The van der Waals surface area contributed by atoms with Crippen LogP contribution in [0.3, 0.4) is 0 Å². The van der Waals surface area contributed by atoms with Gasteiger partial charge in [0, 0.05) is 13.1 Å². The number of unbranched alkanes of at least 4 members (excludes halogenated alkanes) is 1. The number of carboxylic acid groups (broad SMARTS) is 1. The summed E-state index contributed by atoms with van der Waals surface area (Å²) < 4.78 is 26.4. The van der Waals surface area contributed by atoms with Crippen molar-refractivity contribution in [1.29, 1.82) is 0 Å². The molecule has 0 aliphatic heterocycles. The highest BCUT2D eigenvalue weighted by Crippen LogP contribution is 2.33. The van der Waals surface area contributed by atoms with Crippen LogP contribution in [0.4, 0.5) is 0 Å². The van der Waals surface area contributed by atoms with Crippen LogP contribution >= 0.6 is 27.3 Å². The lowest BCUT2D eigenvalue weighted by Gasteiger charge is -2.20. The Morgan fingerprint density at radius 2 is 2.10 bits per heavy atom. The predicted molar refractivity (Wildman–Crippen MR) is 79.7 cm³/mol. The number of carboxylic acids is 1. The molecule has 0 radical (unpaired) electrons. The highest BCUT2D eigenvalue weighted by molar-refractivity contribution is 9.11. The zero-order valence-corrected chi connectivity index (χ0v) is 14.1. The molecule has 1 heterocycles. The third kappa shape index (κ3) is 4.01. The van der Waals surface area contributed by atoms with E-state index in [0.717, 1.165) is 23.8 Å². The average Bonchev–Trinajstić information content (AvgIpc) is 2.77. The van der Waals surface area contributed by atoms with Gasteiger partial charge in [-0.2, -0.15) is 4.31 Å². The minimum atomic E-state index is -3.81. The number of nitrogens with zero attached hydrogens (tertiary/aromatic N) is 1. The number of hydrogen-bond donors (Lipinski definition) is 2. The molecule has 0 aromatic carbocycles. The highest BCUT2D eigenvalue weighted by atomic mass is 79.9. The van der Waals surface area contributed by atoms with Crippen molar-refractivity contribution in [2.75, 3.05) is 19.7 Å². The Hall–Kier alpha value is -0.480. The minimum Gasteiger partial charge on any atom is -0.477 e. The van der Waals surface area contributed by atoms with E-state index in [1.165, 1.54) is 4.31 Å². The summed E-state index contributed by atoms with van der Waals surface area (Å²) in [6, 6.07) is 1.14. The van der Waals surface area contributed by atoms with E-state index in [0.29, 0.717) is 13.0 Å². The maximum absolute atomic E-state index is 12.5. The molecule has 20 heavy (non-hydrogen) atoms. The van der Waals surface area contributed by atoms with Gasteiger partial charge in [-0.1, -0.05) is 13.3 Å². The van der Waals surface area contributed by atoms with E-state index < -0.39 is 16.0 Å².